The predicted molar refractivity (Wildman–Crippen MR) is 70.9 cm³/mol. The van der Waals surface area contributed by atoms with Crippen LogP contribution in [0.2, 0.25) is 0 Å². The summed E-state index contributed by atoms with van der Waals surface area (Å²) in [5, 5.41) is 5.64. The molecular weight excluding hydrogens is 226 g/mol. The van der Waals surface area contributed by atoms with Crippen molar-refractivity contribution in [3.05, 3.63) is 41.8 Å². The molecule has 1 aliphatic heterocycles. The number of aryl methyl sites for hydroxylation is 1. The zero-order chi connectivity index (χ0) is 12.5. The number of para-hydroxylation sites is 1. The van der Waals surface area contributed by atoms with Gasteiger partial charge < -0.3 is 10.5 Å². The number of hydrogen-bond donors (Lipinski definition) is 1. The van der Waals surface area contributed by atoms with E-state index in [1.807, 2.05) is 23.9 Å². The van der Waals surface area contributed by atoms with Gasteiger partial charge in [0.2, 0.25) is 0 Å². The standard InChI is InChI=1S/C14H17N3O/c1-17-11-7-3-2-6-10(11)14(16-17)13(15)12-8-4-5-9-18-12/h2-3,6-8,13H,4-5,9,15H2,1H3. The minimum Gasteiger partial charge on any atom is -0.496 e. The van der Waals surface area contributed by atoms with E-state index in [-0.39, 0.29) is 6.04 Å². The normalized spacial score (nSPS) is 17.3. The molecule has 0 spiro atoms. The monoisotopic (exact) mass is 243 g/mol. The van der Waals surface area contributed by atoms with Crippen LogP contribution in [0, 0.1) is 0 Å². The van der Waals surface area contributed by atoms with Gasteiger partial charge in [0.1, 0.15) is 11.8 Å². The fourth-order valence-electron chi connectivity index (χ4n) is 2.40. The lowest BCUT2D eigenvalue weighted by Gasteiger charge is -2.19. The second-order valence-corrected chi connectivity index (χ2v) is 4.60. The number of hydrogen-bond acceptors (Lipinski definition) is 3. The minimum absolute atomic E-state index is 0.267. The first-order valence-electron chi connectivity index (χ1n) is 6.27. The van der Waals surface area contributed by atoms with Crippen molar-refractivity contribution in [2.24, 2.45) is 12.8 Å². The molecule has 2 heterocycles. The van der Waals surface area contributed by atoms with Gasteiger partial charge in [-0.3, -0.25) is 4.68 Å². The van der Waals surface area contributed by atoms with Gasteiger partial charge in [-0.15, -0.1) is 0 Å². The topological polar surface area (TPSA) is 53.1 Å². The summed E-state index contributed by atoms with van der Waals surface area (Å²) in [6, 6.07) is 7.86. The summed E-state index contributed by atoms with van der Waals surface area (Å²) in [5.74, 6) is 0.852. The SMILES string of the molecule is Cn1nc(C(N)C2=CCCCO2)c2ccccc21. The quantitative estimate of drug-likeness (QED) is 0.880. The van der Waals surface area contributed by atoms with Crippen molar-refractivity contribution >= 4 is 10.9 Å². The fraction of sp³-hybridized carbons (Fsp3) is 0.357. The average Bonchev–Trinajstić information content (AvgIpc) is 2.77. The maximum atomic E-state index is 6.28. The van der Waals surface area contributed by atoms with E-state index in [0.717, 1.165) is 41.8 Å². The predicted octanol–water partition coefficient (Wildman–Crippen LogP) is 2.27. The lowest BCUT2D eigenvalue weighted by Crippen LogP contribution is -2.18. The van der Waals surface area contributed by atoms with Gasteiger partial charge in [-0.25, -0.2) is 0 Å². The Bertz CT molecular complexity index is 600. The van der Waals surface area contributed by atoms with Crippen LogP contribution < -0.4 is 5.73 Å². The largest absolute Gasteiger partial charge is 0.496 e. The first-order chi connectivity index (χ1) is 8.77. The molecule has 4 heteroatoms. The van der Waals surface area contributed by atoms with Crippen molar-refractivity contribution in [3.63, 3.8) is 0 Å². The van der Waals surface area contributed by atoms with Crippen molar-refractivity contribution in [2.75, 3.05) is 6.61 Å². The van der Waals surface area contributed by atoms with Crippen molar-refractivity contribution in [1.82, 2.24) is 9.78 Å². The first kappa shape index (κ1) is 11.3. The fourth-order valence-corrected chi connectivity index (χ4v) is 2.40. The number of aromatic nitrogens is 2. The molecule has 18 heavy (non-hydrogen) atoms. The summed E-state index contributed by atoms with van der Waals surface area (Å²) >= 11 is 0. The number of benzene rings is 1. The van der Waals surface area contributed by atoms with Gasteiger partial charge in [-0.2, -0.15) is 5.10 Å². The Morgan fingerprint density at radius 2 is 2.22 bits per heavy atom. The Morgan fingerprint density at radius 1 is 1.39 bits per heavy atom. The van der Waals surface area contributed by atoms with Gasteiger partial charge in [0.05, 0.1) is 17.8 Å². The molecule has 0 saturated heterocycles. The second-order valence-electron chi connectivity index (χ2n) is 4.60. The number of fused-ring (bicyclic) bond motifs is 1. The molecule has 2 N–H and O–H groups in total. The summed E-state index contributed by atoms with van der Waals surface area (Å²) in [6.07, 6.45) is 4.19. The van der Waals surface area contributed by atoms with E-state index < -0.39 is 0 Å². The van der Waals surface area contributed by atoms with Gasteiger partial charge in [0.15, 0.2) is 0 Å². The van der Waals surface area contributed by atoms with Crippen LogP contribution in [0.1, 0.15) is 24.6 Å². The number of nitrogens with two attached hydrogens (primary N) is 1. The summed E-state index contributed by atoms with van der Waals surface area (Å²) in [7, 11) is 1.94. The third-order valence-corrected chi connectivity index (χ3v) is 3.35. The van der Waals surface area contributed by atoms with E-state index in [4.69, 9.17) is 10.5 Å². The molecule has 0 bridgehead atoms. The highest BCUT2D eigenvalue weighted by Gasteiger charge is 2.21. The summed E-state index contributed by atoms with van der Waals surface area (Å²) in [5.41, 5.74) is 8.27. The van der Waals surface area contributed by atoms with Crippen molar-refractivity contribution in [3.8, 4) is 0 Å². The smallest absolute Gasteiger partial charge is 0.115 e. The molecule has 2 aromatic rings. The summed E-state index contributed by atoms with van der Waals surface area (Å²) < 4.78 is 7.51. The average molecular weight is 243 g/mol. The van der Waals surface area contributed by atoms with Crippen LogP contribution >= 0.6 is 0 Å². The molecule has 0 fully saturated rings. The molecule has 94 valence electrons. The molecule has 0 aliphatic carbocycles. The Kier molecular flexibility index (Phi) is 2.80. The summed E-state index contributed by atoms with van der Waals surface area (Å²) in [6.45, 7) is 0.754. The van der Waals surface area contributed by atoms with E-state index in [1.54, 1.807) is 0 Å². The van der Waals surface area contributed by atoms with E-state index in [1.165, 1.54) is 0 Å². The van der Waals surface area contributed by atoms with Crippen LogP contribution in [0.3, 0.4) is 0 Å². The molecule has 0 radical (unpaired) electrons. The van der Waals surface area contributed by atoms with Crippen LogP contribution in [-0.4, -0.2) is 16.4 Å². The maximum absolute atomic E-state index is 6.28. The highest BCUT2D eigenvalue weighted by Crippen LogP contribution is 2.28. The highest BCUT2D eigenvalue weighted by molar-refractivity contribution is 5.82. The molecular formula is C14H17N3O. The van der Waals surface area contributed by atoms with Gasteiger partial charge in [0.25, 0.3) is 0 Å². The molecule has 0 amide bonds. The van der Waals surface area contributed by atoms with Crippen molar-refractivity contribution in [2.45, 2.75) is 18.9 Å². The zero-order valence-electron chi connectivity index (χ0n) is 10.5. The Labute approximate surface area is 106 Å². The second kappa shape index (κ2) is 4.46. The van der Waals surface area contributed by atoms with Gasteiger partial charge >= 0.3 is 0 Å². The molecule has 0 saturated carbocycles. The van der Waals surface area contributed by atoms with Crippen molar-refractivity contribution < 1.29 is 4.74 Å². The molecule has 1 unspecified atom stereocenters. The Morgan fingerprint density at radius 3 is 3.00 bits per heavy atom. The lowest BCUT2D eigenvalue weighted by molar-refractivity contribution is 0.175. The molecule has 1 aromatic carbocycles. The van der Waals surface area contributed by atoms with Crippen molar-refractivity contribution in [1.29, 1.82) is 0 Å². The van der Waals surface area contributed by atoms with Crippen LogP contribution in [0.25, 0.3) is 10.9 Å². The first-order valence-corrected chi connectivity index (χ1v) is 6.27. The lowest BCUT2D eigenvalue weighted by atomic mass is 10.1. The van der Waals surface area contributed by atoms with Gasteiger partial charge in [-0.1, -0.05) is 18.2 Å². The number of allylic oxidation sites excluding steroid dienone is 1. The minimum atomic E-state index is -0.267. The molecule has 1 aliphatic rings. The van der Waals surface area contributed by atoms with E-state index in [0.29, 0.717) is 0 Å². The number of rotatable bonds is 2. The van der Waals surface area contributed by atoms with Crippen LogP contribution in [0.5, 0.6) is 0 Å². The third-order valence-electron chi connectivity index (χ3n) is 3.35. The van der Waals surface area contributed by atoms with Gasteiger partial charge in [0, 0.05) is 12.4 Å². The Hall–Kier alpha value is -1.81. The van der Waals surface area contributed by atoms with Gasteiger partial charge in [-0.05, 0) is 25.0 Å². The van der Waals surface area contributed by atoms with E-state index in [2.05, 4.69) is 23.3 Å². The molecule has 4 nitrogen and oxygen atoms in total. The van der Waals surface area contributed by atoms with Crippen LogP contribution in [-0.2, 0) is 11.8 Å². The summed E-state index contributed by atoms with van der Waals surface area (Å²) in [4.78, 5) is 0. The zero-order valence-corrected chi connectivity index (χ0v) is 10.5. The maximum Gasteiger partial charge on any atom is 0.115 e. The molecule has 3 rings (SSSR count). The van der Waals surface area contributed by atoms with E-state index >= 15 is 0 Å². The number of ether oxygens (including phenoxy) is 1. The molecule has 1 atom stereocenters. The Balaban J connectivity index is 2.06. The molecule has 1 aromatic heterocycles. The third kappa shape index (κ3) is 1.78. The van der Waals surface area contributed by atoms with Crippen LogP contribution in [0.15, 0.2) is 36.1 Å². The highest BCUT2D eigenvalue weighted by atomic mass is 16.5. The van der Waals surface area contributed by atoms with E-state index in [9.17, 15) is 0 Å². The van der Waals surface area contributed by atoms with Crippen LogP contribution in [0.4, 0.5) is 0 Å². The number of nitrogens with zero attached hydrogens (tertiary/aromatic N) is 2.